The number of ether oxygens (including phenoxy) is 1. The third-order valence-electron chi connectivity index (χ3n) is 5.07. The van der Waals surface area contributed by atoms with Gasteiger partial charge in [-0.25, -0.2) is 0 Å². The highest BCUT2D eigenvalue weighted by atomic mass is 19.4. The van der Waals surface area contributed by atoms with Crippen molar-refractivity contribution >= 4 is 23.4 Å². The Hall–Kier alpha value is -2.98. The zero-order valence-electron chi connectivity index (χ0n) is 15.9. The molecule has 1 unspecified atom stereocenters. The van der Waals surface area contributed by atoms with E-state index in [4.69, 9.17) is 4.74 Å². The van der Waals surface area contributed by atoms with Gasteiger partial charge in [-0.1, -0.05) is 0 Å². The fraction of sp³-hybridized carbons (Fsp3) is 0.350. The van der Waals surface area contributed by atoms with Crippen molar-refractivity contribution in [2.75, 3.05) is 43.1 Å². The number of aromatic nitrogens is 1. The van der Waals surface area contributed by atoms with Gasteiger partial charge < -0.3 is 29.9 Å². The number of halogens is 3. The quantitative estimate of drug-likeness (QED) is 0.706. The van der Waals surface area contributed by atoms with E-state index in [0.717, 1.165) is 29.9 Å². The second-order valence-corrected chi connectivity index (χ2v) is 7.11. The lowest BCUT2D eigenvalue weighted by Crippen LogP contribution is -2.36. The molecule has 2 aliphatic rings. The Balaban J connectivity index is 1.48. The molecule has 0 radical (unpaired) electrons. The Kier molecular flexibility index (Phi) is 5.44. The van der Waals surface area contributed by atoms with Crippen LogP contribution in [0.5, 0.6) is 0 Å². The zero-order valence-corrected chi connectivity index (χ0v) is 15.9. The summed E-state index contributed by atoms with van der Waals surface area (Å²) in [4.78, 5) is 18.5. The van der Waals surface area contributed by atoms with Crippen molar-refractivity contribution in [3.05, 3.63) is 53.5 Å². The molecule has 2 aliphatic heterocycles. The second-order valence-electron chi connectivity index (χ2n) is 7.11. The number of anilines is 2. The number of carbonyl (C=O) groups is 1. The van der Waals surface area contributed by atoms with E-state index in [1.165, 1.54) is 12.3 Å². The van der Waals surface area contributed by atoms with Crippen LogP contribution in [0.25, 0.3) is 6.08 Å². The van der Waals surface area contributed by atoms with Gasteiger partial charge >= 0.3 is 6.18 Å². The molecule has 0 bridgehead atoms. The first-order valence-electron chi connectivity index (χ1n) is 9.46. The lowest BCUT2D eigenvalue weighted by atomic mass is 10.0. The summed E-state index contributed by atoms with van der Waals surface area (Å²) >= 11 is 0. The number of morpholine rings is 1. The number of benzene rings is 1. The third kappa shape index (κ3) is 4.29. The van der Waals surface area contributed by atoms with Crippen LogP contribution in [0.2, 0.25) is 0 Å². The van der Waals surface area contributed by atoms with Crippen LogP contribution < -0.4 is 10.2 Å². The molecule has 7 nitrogen and oxygen atoms in total. The van der Waals surface area contributed by atoms with Crippen LogP contribution in [0, 0.1) is 0 Å². The van der Waals surface area contributed by atoms with Crippen molar-refractivity contribution < 1.29 is 27.8 Å². The Bertz CT molecular complexity index is 934. The maximum Gasteiger partial charge on any atom is 0.406 e. The maximum absolute atomic E-state index is 12.7. The van der Waals surface area contributed by atoms with Gasteiger partial charge in [0.25, 0.3) is 5.91 Å². The summed E-state index contributed by atoms with van der Waals surface area (Å²) in [5.74, 6) is -0.520. The van der Waals surface area contributed by atoms with Crippen LogP contribution in [-0.2, 0) is 4.74 Å². The van der Waals surface area contributed by atoms with Crippen LogP contribution in [0.15, 0.2) is 36.7 Å². The van der Waals surface area contributed by atoms with Crippen molar-refractivity contribution in [3.8, 4) is 0 Å². The van der Waals surface area contributed by atoms with Gasteiger partial charge in [-0.15, -0.1) is 0 Å². The first kappa shape index (κ1) is 20.3. The van der Waals surface area contributed by atoms with Crippen LogP contribution in [0.1, 0.15) is 27.8 Å². The number of carbonyl (C=O) groups excluding carboxylic acids is 1. The van der Waals surface area contributed by atoms with Gasteiger partial charge in [-0.05, 0) is 30.3 Å². The summed E-state index contributed by atoms with van der Waals surface area (Å²) in [7, 11) is 0. The topological polar surface area (TPSA) is 80.8 Å². The molecule has 0 saturated carbocycles. The predicted octanol–water partition coefficient (Wildman–Crippen LogP) is 2.94. The fourth-order valence-electron chi connectivity index (χ4n) is 3.59. The standard InChI is InChI=1S/C20H21F3N4O3/c21-20(22,23)12-27-6-5-16-17(19(27)29)15(11-24-16)18(28)25-13-1-3-14(4-2-13)26-7-9-30-10-8-26/h1-6,11,19,24,29H,7-10,12H2,(H,25,28). The van der Waals surface area contributed by atoms with Crippen molar-refractivity contribution in [3.63, 3.8) is 0 Å². The number of aromatic amines is 1. The highest BCUT2D eigenvalue weighted by Crippen LogP contribution is 2.33. The van der Waals surface area contributed by atoms with E-state index < -0.39 is 24.9 Å². The van der Waals surface area contributed by atoms with Crippen molar-refractivity contribution in [1.82, 2.24) is 9.88 Å². The molecule has 1 aromatic heterocycles. The summed E-state index contributed by atoms with van der Waals surface area (Å²) in [5.41, 5.74) is 2.16. The van der Waals surface area contributed by atoms with Crippen molar-refractivity contribution in [2.24, 2.45) is 0 Å². The molecule has 0 spiro atoms. The Labute approximate surface area is 170 Å². The van der Waals surface area contributed by atoms with Crippen molar-refractivity contribution in [1.29, 1.82) is 0 Å². The molecule has 30 heavy (non-hydrogen) atoms. The molecular weight excluding hydrogens is 401 g/mol. The van der Waals surface area contributed by atoms with E-state index >= 15 is 0 Å². The SMILES string of the molecule is O=C(Nc1ccc(N2CCOCC2)cc1)c1c[nH]c2c1C(O)N(CC(F)(F)F)C=C2. The van der Waals surface area contributed by atoms with E-state index in [1.54, 1.807) is 12.1 Å². The normalized spacial score (nSPS) is 19.0. The van der Waals surface area contributed by atoms with E-state index in [1.807, 2.05) is 12.1 Å². The van der Waals surface area contributed by atoms with Gasteiger partial charge in [0.05, 0.1) is 18.8 Å². The summed E-state index contributed by atoms with van der Waals surface area (Å²) in [6.07, 6.45) is -2.12. The molecule has 3 N–H and O–H groups in total. The van der Waals surface area contributed by atoms with E-state index in [9.17, 15) is 23.1 Å². The number of nitrogens with zero attached hydrogens (tertiary/aromatic N) is 2. The Morgan fingerprint density at radius 3 is 2.60 bits per heavy atom. The molecule has 2 aromatic rings. The first-order chi connectivity index (χ1) is 14.3. The van der Waals surface area contributed by atoms with Gasteiger partial charge in [-0.3, -0.25) is 4.79 Å². The number of H-pyrrole nitrogens is 1. The molecule has 1 amide bonds. The average molecular weight is 422 g/mol. The van der Waals surface area contributed by atoms with Gasteiger partial charge in [0.15, 0.2) is 6.23 Å². The average Bonchev–Trinajstić information content (AvgIpc) is 3.15. The number of nitrogens with one attached hydrogen (secondary N) is 2. The fourth-order valence-corrected chi connectivity index (χ4v) is 3.59. The minimum absolute atomic E-state index is 0.0891. The molecule has 1 aromatic carbocycles. The number of fused-ring (bicyclic) bond motifs is 1. The second kappa shape index (κ2) is 8.04. The number of alkyl halides is 3. The van der Waals surface area contributed by atoms with Crippen LogP contribution >= 0.6 is 0 Å². The summed E-state index contributed by atoms with van der Waals surface area (Å²) in [6, 6.07) is 7.29. The molecule has 10 heteroatoms. The number of hydrogen-bond acceptors (Lipinski definition) is 5. The first-order valence-corrected chi connectivity index (χ1v) is 9.46. The number of amides is 1. The predicted molar refractivity (Wildman–Crippen MR) is 105 cm³/mol. The molecule has 4 rings (SSSR count). The Morgan fingerprint density at radius 1 is 1.23 bits per heavy atom. The smallest absolute Gasteiger partial charge is 0.378 e. The number of aliphatic hydroxyl groups is 1. The summed E-state index contributed by atoms with van der Waals surface area (Å²) in [6.45, 7) is 1.60. The van der Waals surface area contributed by atoms with Crippen LogP contribution in [0.4, 0.5) is 24.5 Å². The van der Waals surface area contributed by atoms with Crippen molar-refractivity contribution in [2.45, 2.75) is 12.4 Å². The lowest BCUT2D eigenvalue weighted by Gasteiger charge is -2.30. The largest absolute Gasteiger partial charge is 0.406 e. The van der Waals surface area contributed by atoms with E-state index in [2.05, 4.69) is 15.2 Å². The number of hydrogen-bond donors (Lipinski definition) is 3. The highest BCUT2D eigenvalue weighted by Gasteiger charge is 2.36. The molecule has 0 aliphatic carbocycles. The zero-order chi connectivity index (χ0) is 21.3. The van der Waals surface area contributed by atoms with Gasteiger partial charge in [0, 0.05) is 48.1 Å². The summed E-state index contributed by atoms with van der Waals surface area (Å²) < 4.78 is 43.6. The molecule has 3 heterocycles. The summed E-state index contributed by atoms with van der Waals surface area (Å²) in [5, 5.41) is 13.1. The van der Waals surface area contributed by atoms with E-state index in [-0.39, 0.29) is 11.1 Å². The molecular formula is C20H21F3N4O3. The molecule has 1 atom stereocenters. The van der Waals surface area contributed by atoms with Gasteiger partial charge in [-0.2, -0.15) is 13.2 Å². The Morgan fingerprint density at radius 2 is 1.93 bits per heavy atom. The lowest BCUT2D eigenvalue weighted by molar-refractivity contribution is -0.157. The van der Waals surface area contributed by atoms with Crippen LogP contribution in [-0.4, -0.2) is 59.9 Å². The third-order valence-corrected chi connectivity index (χ3v) is 5.07. The minimum Gasteiger partial charge on any atom is -0.378 e. The van der Waals surface area contributed by atoms with Gasteiger partial charge in [0.1, 0.15) is 6.54 Å². The molecule has 1 fully saturated rings. The number of aliphatic hydroxyl groups excluding tert-OH is 1. The van der Waals surface area contributed by atoms with Crippen LogP contribution in [0.3, 0.4) is 0 Å². The monoisotopic (exact) mass is 422 g/mol. The molecule has 160 valence electrons. The maximum atomic E-state index is 12.7. The highest BCUT2D eigenvalue weighted by molar-refractivity contribution is 6.06. The minimum atomic E-state index is -4.48. The number of rotatable bonds is 4. The van der Waals surface area contributed by atoms with E-state index in [0.29, 0.717) is 24.6 Å². The molecule has 1 saturated heterocycles. The van der Waals surface area contributed by atoms with Gasteiger partial charge in [0.2, 0.25) is 0 Å².